The molecule has 0 saturated carbocycles. The second-order valence-electron chi connectivity index (χ2n) is 27.1. The molecule has 504 valence electrons. The summed E-state index contributed by atoms with van der Waals surface area (Å²) in [5.41, 5.74) is 17.3. The highest BCUT2D eigenvalue weighted by Crippen LogP contribution is 2.45. The van der Waals surface area contributed by atoms with Crippen LogP contribution >= 0.6 is 0 Å². The van der Waals surface area contributed by atoms with Gasteiger partial charge in [-0.2, -0.15) is 0 Å². The van der Waals surface area contributed by atoms with Gasteiger partial charge in [0.2, 0.25) is 0 Å². The lowest BCUT2D eigenvalue weighted by Gasteiger charge is -2.07. The Morgan fingerprint density at radius 1 is 0.317 bits per heavy atom. The molecule has 0 atom stereocenters. The van der Waals surface area contributed by atoms with Crippen LogP contribution in [-0.2, 0) is 28.2 Å². The summed E-state index contributed by atoms with van der Waals surface area (Å²) < 4.78 is 80.5. The van der Waals surface area contributed by atoms with E-state index in [1.165, 1.54) is 49.6 Å². The summed E-state index contributed by atoms with van der Waals surface area (Å²) in [6, 6.07) is 67.9. The zero-order chi connectivity index (χ0) is 76.3. The van der Waals surface area contributed by atoms with Gasteiger partial charge in [-0.15, -0.1) is 0 Å². The summed E-state index contributed by atoms with van der Waals surface area (Å²) in [6.45, 7) is 7.90. The van der Waals surface area contributed by atoms with Crippen molar-refractivity contribution in [3.05, 3.63) is 288 Å². The fraction of sp³-hybridized carbons (Fsp3) is 0.130. The smallest absolute Gasteiger partial charge is 0.334 e. The normalized spacial score (nSPS) is 12.8. The lowest BCUT2D eigenvalue weighted by atomic mass is 9.96. The third kappa shape index (κ3) is 10.8. The molecule has 12 nitrogen and oxygen atoms in total. The Kier molecular flexibility index (Phi) is 14.3. The molecule has 0 radical (unpaired) electrons. The largest absolute Gasteiger partial charge is 0.455 e. The lowest BCUT2D eigenvalue weighted by Crippen LogP contribution is -2.32. The molecule has 20 rings (SSSR count). The molecule has 0 spiro atoms. The molecular weight excluding hydrogens is 1280 g/mol. The Balaban J connectivity index is 0.000000107. The van der Waals surface area contributed by atoms with Gasteiger partial charge in [-0.1, -0.05) is 152 Å². The Labute approximate surface area is 609 Å². The van der Waals surface area contributed by atoms with E-state index in [2.05, 4.69) is 162 Å². The molecule has 0 aliphatic heterocycles. The first-order valence-electron chi connectivity index (χ1n) is 37.7. The summed E-state index contributed by atoms with van der Waals surface area (Å²) in [5, 5.41) is 17.5. The molecular formula is C92H76N8O4+4. The summed E-state index contributed by atoms with van der Waals surface area (Å²) in [5.74, 6) is 3.25. The first-order valence-corrected chi connectivity index (χ1v) is 34.7. The Morgan fingerprint density at radius 3 is 1.25 bits per heavy atom. The van der Waals surface area contributed by atoms with Gasteiger partial charge in [0.25, 0.3) is 0 Å². The molecule has 12 heteroatoms. The van der Waals surface area contributed by atoms with E-state index < -0.39 is 13.7 Å². The minimum Gasteiger partial charge on any atom is -0.455 e. The zero-order valence-electron chi connectivity index (χ0n) is 65.3. The number of rotatable bonds is 4. The molecule has 8 heterocycles. The number of aryl methyl sites for hydroxylation is 11. The Bertz CT molecular complexity index is 7170. The third-order valence-electron chi connectivity index (χ3n) is 20.4. The summed E-state index contributed by atoms with van der Waals surface area (Å²) in [4.78, 5) is 18.5. The number of furan rings is 4. The van der Waals surface area contributed by atoms with Gasteiger partial charge in [0.1, 0.15) is 63.2 Å². The third-order valence-corrected chi connectivity index (χ3v) is 20.4. The van der Waals surface area contributed by atoms with E-state index >= 15 is 0 Å². The fourth-order valence-corrected chi connectivity index (χ4v) is 15.2. The number of aromatic nitrogens is 8. The zero-order valence-corrected chi connectivity index (χ0v) is 59.3. The van der Waals surface area contributed by atoms with Gasteiger partial charge in [0.05, 0.1) is 53.0 Å². The molecule has 0 N–H and O–H groups in total. The molecule has 8 aromatic heterocycles. The maximum atomic E-state index is 8.16. The van der Waals surface area contributed by atoms with Gasteiger partial charge in [-0.25, -0.2) is 18.3 Å². The first-order chi connectivity index (χ1) is 53.0. The molecule has 0 saturated heterocycles. The van der Waals surface area contributed by atoms with Crippen molar-refractivity contribution < 1.29 is 44.2 Å². The van der Waals surface area contributed by atoms with Crippen LogP contribution in [0.2, 0.25) is 0 Å². The van der Waals surface area contributed by atoms with E-state index in [1.807, 2.05) is 156 Å². The molecule has 0 bridgehead atoms. The lowest BCUT2D eigenvalue weighted by molar-refractivity contribution is -0.663. The second kappa shape index (κ2) is 25.7. The first kappa shape index (κ1) is 57.9. The van der Waals surface area contributed by atoms with E-state index in [1.54, 1.807) is 23.0 Å². The molecule has 12 aromatic carbocycles. The number of fused-ring (bicyclic) bond motifs is 20. The molecule has 0 amide bonds. The van der Waals surface area contributed by atoms with Gasteiger partial charge >= 0.3 is 23.3 Å². The van der Waals surface area contributed by atoms with Crippen LogP contribution in [0, 0.1) is 55.2 Å². The molecule has 0 aliphatic rings. The van der Waals surface area contributed by atoms with Crippen LogP contribution in [0.5, 0.6) is 0 Å². The minimum atomic E-state index is -2.26. The van der Waals surface area contributed by atoms with Crippen LogP contribution in [-0.4, -0.2) is 19.9 Å². The second-order valence-corrected chi connectivity index (χ2v) is 27.1. The van der Waals surface area contributed by atoms with Crippen LogP contribution in [0.15, 0.2) is 261 Å². The molecule has 20 aromatic rings. The highest BCUT2D eigenvalue weighted by atomic mass is 16.3. The average Bonchev–Trinajstić information content (AvgIpc) is 1.57. The molecule has 0 unspecified atom stereocenters. The number of benzene rings is 12. The number of hydrogen-bond donors (Lipinski definition) is 0. The van der Waals surface area contributed by atoms with Crippen molar-refractivity contribution in [2.75, 3.05) is 0 Å². The number of nitrogens with zero attached hydrogens (tertiary/aromatic N) is 8. The minimum absolute atomic E-state index is 0.212. The van der Waals surface area contributed by atoms with Crippen LogP contribution in [0.4, 0.5) is 0 Å². The van der Waals surface area contributed by atoms with E-state index in [9.17, 15) is 0 Å². The van der Waals surface area contributed by atoms with Gasteiger partial charge < -0.3 is 17.7 Å². The van der Waals surface area contributed by atoms with E-state index in [0.29, 0.717) is 27.9 Å². The van der Waals surface area contributed by atoms with Crippen LogP contribution < -0.4 is 18.3 Å². The van der Waals surface area contributed by atoms with Crippen molar-refractivity contribution in [1.29, 1.82) is 0 Å². The van der Waals surface area contributed by atoms with Crippen molar-refractivity contribution >= 4 is 131 Å². The van der Waals surface area contributed by atoms with Crippen molar-refractivity contribution in [2.45, 2.75) is 55.2 Å². The molecule has 104 heavy (non-hydrogen) atoms. The Morgan fingerprint density at radius 2 is 0.750 bits per heavy atom. The quantitative estimate of drug-likeness (QED) is 0.160. The fourth-order valence-electron chi connectivity index (χ4n) is 15.2. The van der Waals surface area contributed by atoms with Crippen LogP contribution in [0.25, 0.3) is 176 Å². The average molecular weight is 1360 g/mol. The highest BCUT2D eigenvalue weighted by molar-refractivity contribution is 6.24. The SMILES string of the molecule is Cc1cc2c(oc3ccc4ccccc4c32)c(-c2nccc[n+]2C)c1C.Cc1cc[n+](C)c(-c2c(C)ccc3c2oc2ccc4ccccc4c23)n1.[2H]C([2H])([2H])c1cc(C)c(-c2nccc[n+]2C)c2oc3ccc4ccccc4c3c12.[2H]C([2H])([2H])c1cnc(-c2c(C)ccc3c2oc2ccc4ccccc4c23)[n+](C)c1. The monoisotopic (exact) mass is 1360 g/mol. The topological polar surface area (TPSA) is 120 Å². The van der Waals surface area contributed by atoms with Crippen molar-refractivity contribution in [2.24, 2.45) is 28.2 Å². The maximum absolute atomic E-state index is 8.16. The van der Waals surface area contributed by atoms with Gasteiger partial charge in [0, 0.05) is 82.0 Å². The van der Waals surface area contributed by atoms with Crippen LogP contribution in [0.1, 0.15) is 52.9 Å². The van der Waals surface area contributed by atoms with E-state index in [4.69, 9.17) is 30.9 Å². The van der Waals surface area contributed by atoms with Gasteiger partial charge in [-0.3, -0.25) is 0 Å². The molecule has 0 aliphatic carbocycles. The predicted molar refractivity (Wildman–Crippen MR) is 420 cm³/mol. The maximum Gasteiger partial charge on any atom is 0.334 e. The summed E-state index contributed by atoms with van der Waals surface area (Å²) >= 11 is 0. The molecule has 0 fully saturated rings. The standard InChI is InChI=1S/4C23H19N2O/c1-14-13-18-21-17-8-5-4-7-16(17)9-10-19(21)26-22(18)20(15(14)2)23-24-11-6-12-25(23)3;1-14-13-15(2)20(23-24-11-6-12-25(23)3)22-19(14)21-17-8-5-4-7-16(17)9-10-18(21)26-22;1-14-12-24-23(25(3)13-14)20-15(2)8-10-18-21-17-7-5-4-6-16(17)9-11-19(21)26-22(18)20;1-14-8-10-18-21-17-7-5-4-6-16(17)9-11-19(21)26-22(18)20(14)23-24-15(2)12-13-25(23)3/h4*4-13H,1-3H3/q4*+1/i;2*1D3;. The number of hydrogen-bond acceptors (Lipinski definition) is 8. The van der Waals surface area contributed by atoms with Crippen LogP contribution in [0.3, 0.4) is 0 Å². The van der Waals surface area contributed by atoms with Gasteiger partial charge in [-0.05, 0) is 175 Å². The van der Waals surface area contributed by atoms with Crippen molar-refractivity contribution in [3.63, 3.8) is 0 Å². The van der Waals surface area contributed by atoms with Crippen molar-refractivity contribution in [1.82, 2.24) is 19.9 Å². The summed E-state index contributed by atoms with van der Waals surface area (Å²) in [6.07, 6.45) is 12.6. The van der Waals surface area contributed by atoms with Crippen molar-refractivity contribution in [3.8, 4) is 45.6 Å². The van der Waals surface area contributed by atoms with Gasteiger partial charge in [0.15, 0.2) is 28.0 Å². The van der Waals surface area contributed by atoms with E-state index in [-0.39, 0.29) is 5.56 Å². The predicted octanol–water partition coefficient (Wildman–Crippen LogP) is 21.0. The van der Waals surface area contributed by atoms with E-state index in [0.717, 1.165) is 144 Å². The highest BCUT2D eigenvalue weighted by Gasteiger charge is 2.29. The Hall–Kier alpha value is -12.8. The summed E-state index contributed by atoms with van der Waals surface area (Å²) in [7, 11) is 7.78.